The van der Waals surface area contributed by atoms with Gasteiger partial charge < -0.3 is 14.5 Å². The maximum absolute atomic E-state index is 11.8. The Morgan fingerprint density at radius 1 is 1.29 bits per heavy atom. The molecule has 1 atom stereocenters. The molecule has 1 aromatic rings. The van der Waals surface area contributed by atoms with E-state index in [0.717, 1.165) is 26.1 Å². The second-order valence-corrected chi connectivity index (χ2v) is 5.83. The zero-order valence-corrected chi connectivity index (χ0v) is 12.5. The molecule has 0 bridgehead atoms. The molecule has 1 aromatic heterocycles. The number of rotatable bonds is 4. The highest BCUT2D eigenvalue weighted by atomic mass is 16.5. The molecule has 21 heavy (non-hydrogen) atoms. The number of likely N-dealkylation sites (tertiary alicyclic amines) is 1. The summed E-state index contributed by atoms with van der Waals surface area (Å²) in [6.07, 6.45) is 6.97. The summed E-state index contributed by atoms with van der Waals surface area (Å²) in [7, 11) is 1.38. The van der Waals surface area contributed by atoms with Crippen LogP contribution in [0.15, 0.2) is 12.4 Å². The number of anilines is 1. The van der Waals surface area contributed by atoms with Gasteiger partial charge in [-0.3, -0.25) is 0 Å². The Labute approximate surface area is 125 Å². The zero-order chi connectivity index (χ0) is 14.7. The quantitative estimate of drug-likeness (QED) is 0.776. The summed E-state index contributed by atoms with van der Waals surface area (Å²) in [6.45, 7) is 5.49. The third-order valence-corrected chi connectivity index (χ3v) is 4.36. The normalized spacial score (nSPS) is 22.7. The summed E-state index contributed by atoms with van der Waals surface area (Å²) in [5.74, 6) is 0.893. The van der Waals surface area contributed by atoms with Gasteiger partial charge >= 0.3 is 5.97 Å². The van der Waals surface area contributed by atoms with E-state index < -0.39 is 5.97 Å². The fourth-order valence-corrected chi connectivity index (χ4v) is 3.31. The van der Waals surface area contributed by atoms with Crippen LogP contribution in [0.5, 0.6) is 0 Å². The highest BCUT2D eigenvalue weighted by Gasteiger charge is 2.29. The van der Waals surface area contributed by atoms with Crippen LogP contribution in [-0.4, -0.2) is 60.7 Å². The number of ether oxygens (including phenoxy) is 1. The van der Waals surface area contributed by atoms with Gasteiger partial charge in [-0.05, 0) is 38.3 Å². The van der Waals surface area contributed by atoms with Gasteiger partial charge in [-0.1, -0.05) is 0 Å². The summed E-state index contributed by atoms with van der Waals surface area (Å²) < 4.78 is 4.79. The highest BCUT2D eigenvalue weighted by molar-refractivity contribution is 5.92. The van der Waals surface area contributed by atoms with Crippen LogP contribution >= 0.6 is 0 Å². The fraction of sp³-hybridized carbons (Fsp3) is 0.667. The Kier molecular flexibility index (Phi) is 4.34. The summed E-state index contributed by atoms with van der Waals surface area (Å²) in [5, 5.41) is 0. The first kappa shape index (κ1) is 14.3. The molecule has 3 rings (SSSR count). The lowest BCUT2D eigenvalue weighted by Crippen LogP contribution is -2.30. The molecule has 0 amide bonds. The van der Waals surface area contributed by atoms with Crippen molar-refractivity contribution in [2.45, 2.75) is 19.3 Å². The minimum atomic E-state index is -0.416. The summed E-state index contributed by atoms with van der Waals surface area (Å²) in [5.41, 5.74) is 0.321. The summed E-state index contributed by atoms with van der Waals surface area (Å²) in [4.78, 5) is 25.0. The Balaban J connectivity index is 1.67. The second kappa shape index (κ2) is 6.39. The van der Waals surface area contributed by atoms with Crippen molar-refractivity contribution >= 4 is 11.8 Å². The minimum Gasteiger partial charge on any atom is -0.464 e. The van der Waals surface area contributed by atoms with Crippen molar-refractivity contribution in [3.05, 3.63) is 18.1 Å². The first-order valence-corrected chi connectivity index (χ1v) is 7.64. The number of hydrogen-bond donors (Lipinski definition) is 0. The molecule has 0 spiro atoms. The average molecular weight is 290 g/mol. The molecule has 0 saturated carbocycles. The first-order chi connectivity index (χ1) is 10.3. The minimum absolute atomic E-state index is 0.321. The van der Waals surface area contributed by atoms with E-state index in [9.17, 15) is 4.79 Å². The maximum Gasteiger partial charge on any atom is 0.360 e. The third-order valence-electron chi connectivity index (χ3n) is 4.36. The lowest BCUT2D eigenvalue weighted by atomic mass is 10.1. The van der Waals surface area contributed by atoms with Gasteiger partial charge in [0.1, 0.15) is 0 Å². The van der Waals surface area contributed by atoms with E-state index >= 15 is 0 Å². The molecule has 0 aromatic carbocycles. The lowest BCUT2D eigenvalue weighted by Gasteiger charge is -2.21. The number of aromatic nitrogens is 2. The van der Waals surface area contributed by atoms with Crippen molar-refractivity contribution in [3.63, 3.8) is 0 Å². The van der Waals surface area contributed by atoms with E-state index in [0.29, 0.717) is 17.4 Å². The van der Waals surface area contributed by atoms with Crippen LogP contribution in [0.1, 0.15) is 29.8 Å². The molecule has 2 saturated heterocycles. The van der Waals surface area contributed by atoms with Crippen LogP contribution in [0.25, 0.3) is 0 Å². The van der Waals surface area contributed by atoms with Crippen molar-refractivity contribution in [2.75, 3.05) is 44.7 Å². The van der Waals surface area contributed by atoms with Gasteiger partial charge in [0.15, 0.2) is 11.5 Å². The van der Waals surface area contributed by atoms with Crippen LogP contribution in [0.4, 0.5) is 5.82 Å². The van der Waals surface area contributed by atoms with Gasteiger partial charge in [0.25, 0.3) is 0 Å². The molecular weight excluding hydrogens is 268 g/mol. The average Bonchev–Trinajstić information content (AvgIpc) is 3.19. The van der Waals surface area contributed by atoms with E-state index in [1.165, 1.54) is 39.2 Å². The Morgan fingerprint density at radius 3 is 2.81 bits per heavy atom. The van der Waals surface area contributed by atoms with E-state index in [2.05, 4.69) is 19.8 Å². The second-order valence-electron chi connectivity index (χ2n) is 5.83. The van der Waals surface area contributed by atoms with Gasteiger partial charge in [-0.25, -0.2) is 14.8 Å². The standard InChI is InChI=1S/C15H22N4O2/c1-21-15(20)13-14(17-6-5-16-13)19-9-4-12(11-19)10-18-7-2-3-8-18/h5-6,12H,2-4,7-11H2,1H3. The first-order valence-electron chi connectivity index (χ1n) is 7.64. The number of esters is 1. The molecule has 2 aliphatic rings. The van der Waals surface area contributed by atoms with Gasteiger partial charge in [-0.2, -0.15) is 0 Å². The number of nitrogens with zero attached hydrogens (tertiary/aromatic N) is 4. The summed E-state index contributed by atoms with van der Waals surface area (Å²) >= 11 is 0. The van der Waals surface area contributed by atoms with Crippen LogP contribution in [0.2, 0.25) is 0 Å². The molecular formula is C15H22N4O2. The van der Waals surface area contributed by atoms with E-state index in [-0.39, 0.29) is 0 Å². The highest BCUT2D eigenvalue weighted by Crippen LogP contribution is 2.25. The zero-order valence-electron chi connectivity index (χ0n) is 12.5. The van der Waals surface area contributed by atoms with Crippen LogP contribution < -0.4 is 4.90 Å². The van der Waals surface area contributed by atoms with Crippen molar-refractivity contribution < 1.29 is 9.53 Å². The van der Waals surface area contributed by atoms with E-state index in [1.807, 2.05) is 0 Å². The van der Waals surface area contributed by atoms with Crippen molar-refractivity contribution in [3.8, 4) is 0 Å². The Morgan fingerprint density at radius 2 is 2.05 bits per heavy atom. The molecule has 3 heterocycles. The van der Waals surface area contributed by atoms with Crippen molar-refractivity contribution in [2.24, 2.45) is 5.92 Å². The number of hydrogen-bond acceptors (Lipinski definition) is 6. The topological polar surface area (TPSA) is 58.6 Å². The van der Waals surface area contributed by atoms with Gasteiger partial charge in [-0.15, -0.1) is 0 Å². The molecule has 2 aliphatic heterocycles. The van der Waals surface area contributed by atoms with Crippen molar-refractivity contribution in [1.29, 1.82) is 0 Å². The predicted octanol–water partition coefficient (Wildman–Crippen LogP) is 1.19. The molecule has 0 aliphatic carbocycles. The Bertz CT molecular complexity index is 502. The molecule has 0 radical (unpaired) electrons. The Hall–Kier alpha value is -1.69. The third kappa shape index (κ3) is 3.15. The van der Waals surface area contributed by atoms with Gasteiger partial charge in [0.2, 0.25) is 0 Å². The maximum atomic E-state index is 11.8. The van der Waals surface area contributed by atoms with Crippen molar-refractivity contribution in [1.82, 2.24) is 14.9 Å². The predicted molar refractivity (Wildman–Crippen MR) is 79.4 cm³/mol. The van der Waals surface area contributed by atoms with E-state index in [1.54, 1.807) is 6.20 Å². The van der Waals surface area contributed by atoms with Crippen LogP contribution in [0, 0.1) is 5.92 Å². The molecule has 0 N–H and O–H groups in total. The molecule has 6 heteroatoms. The lowest BCUT2D eigenvalue weighted by molar-refractivity contribution is 0.0594. The van der Waals surface area contributed by atoms with Crippen LogP contribution in [-0.2, 0) is 4.74 Å². The monoisotopic (exact) mass is 290 g/mol. The number of carbonyl (C=O) groups excluding carboxylic acids is 1. The SMILES string of the molecule is COC(=O)c1nccnc1N1CCC(CN2CCCC2)C1. The number of carbonyl (C=O) groups is 1. The van der Waals surface area contributed by atoms with Gasteiger partial charge in [0, 0.05) is 32.0 Å². The molecule has 2 fully saturated rings. The largest absolute Gasteiger partial charge is 0.464 e. The summed E-state index contributed by atoms with van der Waals surface area (Å²) in [6, 6.07) is 0. The fourth-order valence-electron chi connectivity index (χ4n) is 3.31. The van der Waals surface area contributed by atoms with Crippen LogP contribution in [0.3, 0.4) is 0 Å². The molecule has 6 nitrogen and oxygen atoms in total. The molecule has 114 valence electrons. The van der Waals surface area contributed by atoms with E-state index in [4.69, 9.17) is 4.74 Å². The number of methoxy groups -OCH3 is 1. The smallest absolute Gasteiger partial charge is 0.360 e. The molecule has 1 unspecified atom stereocenters. The van der Waals surface area contributed by atoms with Gasteiger partial charge in [0.05, 0.1) is 7.11 Å².